The Morgan fingerprint density at radius 1 is 1.08 bits per heavy atom. The molecule has 0 aliphatic carbocycles. The lowest BCUT2D eigenvalue weighted by molar-refractivity contribution is -0.138. The Hall–Kier alpha value is -2.22. The van der Waals surface area contributed by atoms with Gasteiger partial charge in [0.25, 0.3) is 0 Å². The quantitative estimate of drug-likeness (QED) is 0.701. The maximum absolute atomic E-state index is 12.2. The number of hydrogen-bond acceptors (Lipinski definition) is 4. The van der Waals surface area contributed by atoms with Crippen LogP contribution in [0.15, 0.2) is 53.4 Å². The van der Waals surface area contributed by atoms with Crippen LogP contribution in [0, 0.1) is 6.92 Å². The van der Waals surface area contributed by atoms with Gasteiger partial charge >= 0.3 is 5.97 Å². The molecule has 0 bridgehead atoms. The zero-order valence-electron chi connectivity index (χ0n) is 13.3. The van der Waals surface area contributed by atoms with Gasteiger partial charge in [0.15, 0.2) is 0 Å². The van der Waals surface area contributed by atoms with Gasteiger partial charge in [0.05, 0.1) is 4.90 Å². The number of aliphatic carboxylic acids is 1. The molecule has 0 saturated carbocycles. The third kappa shape index (κ3) is 4.89. The first-order valence-corrected chi connectivity index (χ1v) is 8.89. The molecule has 24 heavy (non-hydrogen) atoms. The van der Waals surface area contributed by atoms with Gasteiger partial charge in [-0.2, -0.15) is 0 Å². The molecule has 2 aromatic carbocycles. The molecule has 1 unspecified atom stereocenters. The minimum absolute atomic E-state index is 0.154. The van der Waals surface area contributed by atoms with Gasteiger partial charge in [-0.15, -0.1) is 0 Å². The number of carboxylic acid groups (broad SMARTS) is 1. The summed E-state index contributed by atoms with van der Waals surface area (Å²) in [5.74, 6) is -1.05. The highest BCUT2D eigenvalue weighted by atomic mass is 32.2. The first-order valence-electron chi connectivity index (χ1n) is 7.40. The predicted molar refractivity (Wildman–Crippen MR) is 91.0 cm³/mol. The van der Waals surface area contributed by atoms with Crippen LogP contribution < -0.4 is 10.5 Å². The van der Waals surface area contributed by atoms with Crippen LogP contribution in [0.2, 0.25) is 0 Å². The highest BCUT2D eigenvalue weighted by Crippen LogP contribution is 2.12. The molecule has 128 valence electrons. The summed E-state index contributed by atoms with van der Waals surface area (Å²) in [6.07, 6.45) is 0.227. The molecule has 6 nitrogen and oxygen atoms in total. The van der Waals surface area contributed by atoms with E-state index < -0.39 is 22.0 Å². The number of hydrogen-bond donors (Lipinski definition) is 3. The van der Waals surface area contributed by atoms with E-state index in [1.54, 1.807) is 48.5 Å². The molecule has 0 amide bonds. The number of sulfonamides is 1. The van der Waals surface area contributed by atoms with E-state index >= 15 is 0 Å². The van der Waals surface area contributed by atoms with Crippen LogP contribution in [0.3, 0.4) is 0 Å². The van der Waals surface area contributed by atoms with Gasteiger partial charge in [-0.3, -0.25) is 4.79 Å². The Morgan fingerprint density at radius 2 is 1.62 bits per heavy atom. The predicted octanol–water partition coefficient (Wildman–Crippen LogP) is 1.43. The van der Waals surface area contributed by atoms with Crippen molar-refractivity contribution in [2.45, 2.75) is 30.8 Å². The molecule has 2 rings (SSSR count). The number of nitrogens with two attached hydrogens (primary N) is 1. The van der Waals surface area contributed by atoms with Crippen molar-refractivity contribution in [2.75, 3.05) is 0 Å². The molecule has 0 fully saturated rings. The minimum atomic E-state index is -3.56. The van der Waals surface area contributed by atoms with Crippen LogP contribution in [-0.2, 0) is 27.8 Å². The second kappa shape index (κ2) is 7.57. The average Bonchev–Trinajstić information content (AvgIpc) is 2.54. The molecule has 1 atom stereocenters. The van der Waals surface area contributed by atoms with Crippen LogP contribution in [0.1, 0.15) is 16.7 Å². The van der Waals surface area contributed by atoms with Crippen molar-refractivity contribution in [1.82, 2.24) is 4.72 Å². The fraction of sp³-hybridized carbons (Fsp3) is 0.235. The Kier molecular flexibility index (Phi) is 5.71. The van der Waals surface area contributed by atoms with E-state index in [9.17, 15) is 13.2 Å². The first kappa shape index (κ1) is 18.1. The topological polar surface area (TPSA) is 109 Å². The fourth-order valence-electron chi connectivity index (χ4n) is 2.11. The molecule has 7 heteroatoms. The largest absolute Gasteiger partial charge is 0.480 e. The summed E-state index contributed by atoms with van der Waals surface area (Å²) >= 11 is 0. The van der Waals surface area contributed by atoms with E-state index in [-0.39, 0.29) is 17.9 Å². The Labute approximate surface area is 141 Å². The second-order valence-electron chi connectivity index (χ2n) is 5.60. The SMILES string of the molecule is Cc1ccc(S(=O)(=O)NCc2ccc(CC(N)C(=O)O)cc2)cc1. The van der Waals surface area contributed by atoms with Gasteiger partial charge < -0.3 is 10.8 Å². The molecule has 2 aromatic rings. The zero-order chi connectivity index (χ0) is 17.7. The Balaban J connectivity index is 1.99. The van der Waals surface area contributed by atoms with Crippen molar-refractivity contribution in [1.29, 1.82) is 0 Å². The zero-order valence-corrected chi connectivity index (χ0v) is 14.1. The van der Waals surface area contributed by atoms with Crippen LogP contribution in [0.5, 0.6) is 0 Å². The third-order valence-electron chi connectivity index (χ3n) is 3.59. The smallest absolute Gasteiger partial charge is 0.320 e. The lowest BCUT2D eigenvalue weighted by atomic mass is 10.0. The number of aryl methyl sites for hydroxylation is 1. The van der Waals surface area contributed by atoms with E-state index in [0.29, 0.717) is 0 Å². The van der Waals surface area contributed by atoms with E-state index in [1.165, 1.54) is 0 Å². The molecule has 0 aliphatic rings. The lowest BCUT2D eigenvalue weighted by Crippen LogP contribution is -2.32. The van der Waals surface area contributed by atoms with Gasteiger partial charge in [0.1, 0.15) is 6.04 Å². The lowest BCUT2D eigenvalue weighted by Gasteiger charge is -2.09. The second-order valence-corrected chi connectivity index (χ2v) is 7.37. The monoisotopic (exact) mass is 348 g/mol. The first-order chi connectivity index (χ1) is 11.3. The summed E-state index contributed by atoms with van der Waals surface area (Å²) < 4.78 is 27.0. The summed E-state index contributed by atoms with van der Waals surface area (Å²) in [6.45, 7) is 2.04. The number of rotatable bonds is 7. The van der Waals surface area contributed by atoms with Crippen LogP contribution in [0.25, 0.3) is 0 Å². The molecule has 4 N–H and O–H groups in total. The van der Waals surface area contributed by atoms with Crippen molar-refractivity contribution in [2.24, 2.45) is 5.73 Å². The number of carbonyl (C=O) groups is 1. The van der Waals surface area contributed by atoms with Gasteiger partial charge in [-0.05, 0) is 36.6 Å². The van der Waals surface area contributed by atoms with Crippen molar-refractivity contribution in [3.63, 3.8) is 0 Å². The van der Waals surface area contributed by atoms with Crippen molar-refractivity contribution < 1.29 is 18.3 Å². The fourth-order valence-corrected chi connectivity index (χ4v) is 3.13. The van der Waals surface area contributed by atoms with Crippen LogP contribution >= 0.6 is 0 Å². The molecule has 0 heterocycles. The number of nitrogens with one attached hydrogen (secondary N) is 1. The van der Waals surface area contributed by atoms with E-state index in [4.69, 9.17) is 10.8 Å². The van der Waals surface area contributed by atoms with Crippen molar-refractivity contribution in [3.05, 3.63) is 65.2 Å². The molecule has 0 spiro atoms. The maximum Gasteiger partial charge on any atom is 0.320 e. The number of benzene rings is 2. The molecular formula is C17H20N2O4S. The average molecular weight is 348 g/mol. The Morgan fingerprint density at radius 3 is 2.17 bits per heavy atom. The highest BCUT2D eigenvalue weighted by molar-refractivity contribution is 7.89. The maximum atomic E-state index is 12.2. The van der Waals surface area contributed by atoms with Gasteiger partial charge in [-0.1, -0.05) is 42.0 Å². The summed E-state index contributed by atoms with van der Waals surface area (Å²) in [7, 11) is -3.56. The standard InChI is InChI=1S/C17H20N2O4S/c1-12-2-8-15(9-3-12)24(22,23)19-11-14-6-4-13(5-7-14)10-16(18)17(20)21/h2-9,16,19H,10-11,18H2,1H3,(H,20,21). The molecule has 0 aliphatic heterocycles. The summed E-state index contributed by atoms with van der Waals surface area (Å²) in [5, 5.41) is 8.80. The number of carboxylic acids is 1. The van der Waals surface area contributed by atoms with Crippen LogP contribution in [-0.4, -0.2) is 25.5 Å². The van der Waals surface area contributed by atoms with Crippen molar-refractivity contribution in [3.8, 4) is 0 Å². The normalized spacial score (nSPS) is 12.8. The van der Waals surface area contributed by atoms with Gasteiger partial charge in [0, 0.05) is 6.54 Å². The third-order valence-corrected chi connectivity index (χ3v) is 5.01. The summed E-state index contributed by atoms with van der Waals surface area (Å²) in [4.78, 5) is 11.0. The minimum Gasteiger partial charge on any atom is -0.480 e. The molecular weight excluding hydrogens is 328 g/mol. The van der Waals surface area contributed by atoms with E-state index in [0.717, 1.165) is 16.7 Å². The molecule has 0 aromatic heterocycles. The van der Waals surface area contributed by atoms with E-state index in [2.05, 4.69) is 4.72 Å². The van der Waals surface area contributed by atoms with Crippen molar-refractivity contribution >= 4 is 16.0 Å². The summed E-state index contributed by atoms with van der Waals surface area (Å²) in [6, 6.07) is 12.7. The van der Waals surface area contributed by atoms with Gasteiger partial charge in [0.2, 0.25) is 10.0 Å². The highest BCUT2D eigenvalue weighted by Gasteiger charge is 2.14. The van der Waals surface area contributed by atoms with Gasteiger partial charge in [-0.25, -0.2) is 13.1 Å². The molecule has 0 saturated heterocycles. The van der Waals surface area contributed by atoms with E-state index in [1.807, 2.05) is 6.92 Å². The molecule has 0 radical (unpaired) electrons. The van der Waals surface area contributed by atoms with Crippen LogP contribution in [0.4, 0.5) is 0 Å². The Bertz CT molecular complexity index is 799. The summed E-state index contributed by atoms with van der Waals surface area (Å²) in [5.41, 5.74) is 8.04.